The molecule has 4 rings (SSSR count). The Bertz CT molecular complexity index is 1030. The maximum Gasteiger partial charge on any atom is 0.254 e. The van der Waals surface area contributed by atoms with E-state index in [-0.39, 0.29) is 11.7 Å². The number of hydrogen-bond donors (Lipinski definition) is 1. The minimum Gasteiger partial charge on any atom is -0.494 e. The third kappa shape index (κ3) is 3.34. The van der Waals surface area contributed by atoms with E-state index in [1.54, 1.807) is 17.0 Å². The van der Waals surface area contributed by atoms with Crippen molar-refractivity contribution in [2.24, 2.45) is 0 Å². The minimum absolute atomic E-state index is 0.0711. The lowest BCUT2D eigenvalue weighted by Crippen LogP contribution is -2.42. The highest BCUT2D eigenvalue weighted by Gasteiger charge is 2.24. The van der Waals surface area contributed by atoms with Crippen molar-refractivity contribution < 1.29 is 19.0 Å². The van der Waals surface area contributed by atoms with E-state index in [0.29, 0.717) is 18.7 Å². The standard InChI is InChI=1S/C23H22FNO3/c1-28-22-13-15(8-11-21(22)24)17-9-10-20(19-7-3-2-6-18(17)19)23(27)25-12-4-5-16(26)14-25/h2-3,6-11,13,16,26H,4-5,12,14H2,1H3/t16-/m0/s1. The first-order chi connectivity index (χ1) is 13.6. The normalized spacial score (nSPS) is 17.0. The molecule has 1 aliphatic heterocycles. The van der Waals surface area contributed by atoms with E-state index < -0.39 is 11.9 Å². The first kappa shape index (κ1) is 18.4. The molecule has 0 bridgehead atoms. The molecule has 5 heteroatoms. The van der Waals surface area contributed by atoms with Crippen molar-refractivity contribution in [2.45, 2.75) is 18.9 Å². The first-order valence-corrected chi connectivity index (χ1v) is 9.41. The van der Waals surface area contributed by atoms with Crippen LogP contribution in [0.25, 0.3) is 21.9 Å². The van der Waals surface area contributed by atoms with Crippen molar-refractivity contribution in [2.75, 3.05) is 20.2 Å². The highest BCUT2D eigenvalue weighted by atomic mass is 19.1. The van der Waals surface area contributed by atoms with Crippen molar-refractivity contribution in [3.05, 3.63) is 66.0 Å². The summed E-state index contributed by atoms with van der Waals surface area (Å²) < 4.78 is 18.9. The topological polar surface area (TPSA) is 49.8 Å². The van der Waals surface area contributed by atoms with Crippen LogP contribution in [0.3, 0.4) is 0 Å². The SMILES string of the molecule is COc1cc(-c2ccc(C(=O)N3CCC[C@H](O)C3)c3ccccc23)ccc1F. The smallest absolute Gasteiger partial charge is 0.254 e. The molecule has 1 atom stereocenters. The van der Waals surface area contributed by atoms with Gasteiger partial charge in [-0.1, -0.05) is 36.4 Å². The lowest BCUT2D eigenvalue weighted by atomic mass is 9.94. The van der Waals surface area contributed by atoms with Gasteiger partial charge in [0.25, 0.3) is 5.91 Å². The summed E-state index contributed by atoms with van der Waals surface area (Å²) in [7, 11) is 1.44. The second-order valence-corrected chi connectivity index (χ2v) is 7.10. The van der Waals surface area contributed by atoms with Gasteiger partial charge < -0.3 is 14.7 Å². The number of halogens is 1. The summed E-state index contributed by atoms with van der Waals surface area (Å²) in [5.41, 5.74) is 2.34. The second-order valence-electron chi connectivity index (χ2n) is 7.10. The van der Waals surface area contributed by atoms with Gasteiger partial charge in [-0.05, 0) is 52.9 Å². The lowest BCUT2D eigenvalue weighted by Gasteiger charge is -2.30. The Kier molecular flexibility index (Phi) is 5.01. The molecule has 0 aromatic heterocycles. The predicted octanol–water partition coefficient (Wildman–Crippen LogP) is 4.25. The number of methoxy groups -OCH3 is 1. The summed E-state index contributed by atoms with van der Waals surface area (Å²) in [4.78, 5) is 14.8. The molecular formula is C23H22FNO3. The third-order valence-electron chi connectivity index (χ3n) is 5.30. The summed E-state index contributed by atoms with van der Waals surface area (Å²) in [5, 5.41) is 11.7. The van der Waals surface area contributed by atoms with Gasteiger partial charge in [-0.25, -0.2) is 4.39 Å². The number of benzene rings is 3. The quantitative estimate of drug-likeness (QED) is 0.740. The fourth-order valence-corrected chi connectivity index (χ4v) is 3.87. The summed E-state index contributed by atoms with van der Waals surface area (Å²) >= 11 is 0. The van der Waals surface area contributed by atoms with E-state index in [9.17, 15) is 14.3 Å². The Morgan fingerprint density at radius 2 is 1.93 bits per heavy atom. The van der Waals surface area contributed by atoms with Gasteiger partial charge >= 0.3 is 0 Å². The van der Waals surface area contributed by atoms with Crippen LogP contribution in [0, 0.1) is 5.82 Å². The zero-order chi connectivity index (χ0) is 19.7. The van der Waals surface area contributed by atoms with Crippen molar-refractivity contribution >= 4 is 16.7 Å². The van der Waals surface area contributed by atoms with Crippen molar-refractivity contribution in [1.82, 2.24) is 4.90 Å². The number of piperidine rings is 1. The van der Waals surface area contributed by atoms with Crippen LogP contribution in [0.2, 0.25) is 0 Å². The molecule has 4 nitrogen and oxygen atoms in total. The van der Waals surface area contributed by atoms with Gasteiger partial charge in [0.2, 0.25) is 0 Å². The van der Waals surface area contributed by atoms with Gasteiger partial charge in [-0.3, -0.25) is 4.79 Å². The van der Waals surface area contributed by atoms with E-state index in [1.165, 1.54) is 13.2 Å². The number of nitrogens with zero attached hydrogens (tertiary/aromatic N) is 1. The molecule has 0 unspecified atom stereocenters. The van der Waals surface area contributed by atoms with E-state index in [2.05, 4.69) is 0 Å². The Morgan fingerprint density at radius 3 is 2.68 bits per heavy atom. The maximum absolute atomic E-state index is 13.8. The van der Waals surface area contributed by atoms with Gasteiger partial charge in [0.15, 0.2) is 11.6 Å². The second kappa shape index (κ2) is 7.60. The average Bonchev–Trinajstić information content (AvgIpc) is 2.73. The molecule has 144 valence electrons. The van der Waals surface area contributed by atoms with Crippen LogP contribution in [0.15, 0.2) is 54.6 Å². The number of hydrogen-bond acceptors (Lipinski definition) is 3. The summed E-state index contributed by atoms with van der Waals surface area (Å²) in [6, 6.07) is 16.2. The first-order valence-electron chi connectivity index (χ1n) is 9.41. The molecule has 0 radical (unpaired) electrons. The number of aliphatic hydroxyl groups is 1. The molecule has 0 saturated carbocycles. The van der Waals surface area contributed by atoms with Gasteiger partial charge in [-0.2, -0.15) is 0 Å². The van der Waals surface area contributed by atoms with E-state index in [4.69, 9.17) is 4.74 Å². The molecule has 3 aromatic carbocycles. The van der Waals surface area contributed by atoms with Crippen LogP contribution >= 0.6 is 0 Å². The van der Waals surface area contributed by atoms with Crippen LogP contribution < -0.4 is 4.74 Å². The number of β-amino-alcohol motifs (C(OH)–C–C–N with tert-alkyl or cyclic N) is 1. The lowest BCUT2D eigenvalue weighted by molar-refractivity contribution is 0.0475. The average molecular weight is 379 g/mol. The fraction of sp³-hybridized carbons (Fsp3) is 0.261. The largest absolute Gasteiger partial charge is 0.494 e. The van der Waals surface area contributed by atoms with Gasteiger partial charge in [0, 0.05) is 18.7 Å². The van der Waals surface area contributed by atoms with Crippen LogP contribution in [0.1, 0.15) is 23.2 Å². The molecule has 0 aliphatic carbocycles. The molecule has 1 saturated heterocycles. The number of amides is 1. The molecule has 1 amide bonds. The summed E-state index contributed by atoms with van der Waals surface area (Å²) in [6.07, 6.45) is 1.07. The van der Waals surface area contributed by atoms with Crippen molar-refractivity contribution in [3.8, 4) is 16.9 Å². The molecule has 3 aromatic rings. The Hall–Kier alpha value is -2.92. The Balaban J connectivity index is 1.80. The molecule has 1 aliphatic rings. The third-order valence-corrected chi connectivity index (χ3v) is 5.30. The van der Waals surface area contributed by atoms with E-state index in [1.807, 2.05) is 36.4 Å². The minimum atomic E-state index is -0.463. The van der Waals surface area contributed by atoms with Crippen molar-refractivity contribution in [3.63, 3.8) is 0 Å². The Labute approximate surface area is 163 Å². The van der Waals surface area contributed by atoms with E-state index in [0.717, 1.165) is 34.7 Å². The Morgan fingerprint density at radius 1 is 1.14 bits per heavy atom. The number of carbonyl (C=O) groups excluding carboxylic acids is 1. The predicted molar refractivity (Wildman–Crippen MR) is 107 cm³/mol. The number of rotatable bonds is 3. The molecule has 1 heterocycles. The monoisotopic (exact) mass is 379 g/mol. The fourth-order valence-electron chi connectivity index (χ4n) is 3.87. The number of likely N-dealkylation sites (tertiary alicyclic amines) is 1. The van der Waals surface area contributed by atoms with Crippen LogP contribution in [0.4, 0.5) is 4.39 Å². The van der Waals surface area contributed by atoms with Gasteiger partial charge in [0.1, 0.15) is 0 Å². The van der Waals surface area contributed by atoms with Gasteiger partial charge in [0.05, 0.1) is 13.2 Å². The van der Waals surface area contributed by atoms with Crippen molar-refractivity contribution in [1.29, 1.82) is 0 Å². The molecular weight excluding hydrogens is 357 g/mol. The highest BCUT2D eigenvalue weighted by molar-refractivity contribution is 6.11. The number of fused-ring (bicyclic) bond motifs is 1. The summed E-state index contributed by atoms with van der Waals surface area (Å²) in [6.45, 7) is 1.02. The molecule has 0 spiro atoms. The number of aliphatic hydroxyl groups excluding tert-OH is 1. The number of ether oxygens (including phenoxy) is 1. The zero-order valence-electron chi connectivity index (χ0n) is 15.7. The maximum atomic E-state index is 13.8. The highest BCUT2D eigenvalue weighted by Crippen LogP contribution is 2.34. The molecule has 1 fully saturated rings. The van der Waals surface area contributed by atoms with Gasteiger partial charge in [-0.15, -0.1) is 0 Å². The summed E-state index contributed by atoms with van der Waals surface area (Å²) in [5.74, 6) is -0.298. The van der Waals surface area contributed by atoms with Crippen LogP contribution in [-0.4, -0.2) is 42.2 Å². The van der Waals surface area contributed by atoms with Crippen LogP contribution in [-0.2, 0) is 0 Å². The zero-order valence-corrected chi connectivity index (χ0v) is 15.7. The van der Waals surface area contributed by atoms with E-state index >= 15 is 0 Å². The molecule has 28 heavy (non-hydrogen) atoms. The number of carbonyl (C=O) groups is 1. The van der Waals surface area contributed by atoms with Crippen LogP contribution in [0.5, 0.6) is 5.75 Å². The molecule has 1 N–H and O–H groups in total.